The van der Waals surface area contributed by atoms with Gasteiger partial charge in [-0.25, -0.2) is 0 Å². The lowest BCUT2D eigenvalue weighted by molar-refractivity contribution is 0.443. The third-order valence-corrected chi connectivity index (χ3v) is 7.78. The van der Waals surface area contributed by atoms with Gasteiger partial charge in [0.05, 0.1) is 0 Å². The standard InChI is InChI=1S/C30H30/c1-2-7-21(8-3-1)22-13-15-24(16-14-22)26-11-6-12-27-28(26)19-20-29-25-10-5-4-9-23(25)17-18-30(27)29/h4-6,9-11,13-16,19-21,26H,1-3,7-8,12,17-18H2. The summed E-state index contributed by atoms with van der Waals surface area (Å²) in [5, 5.41) is 0. The molecule has 3 aliphatic carbocycles. The molecule has 1 saturated carbocycles. The molecule has 6 rings (SSSR count). The summed E-state index contributed by atoms with van der Waals surface area (Å²) < 4.78 is 0. The van der Waals surface area contributed by atoms with E-state index in [-0.39, 0.29) is 0 Å². The van der Waals surface area contributed by atoms with Gasteiger partial charge in [-0.05, 0) is 82.5 Å². The Hall–Kier alpha value is -2.60. The molecule has 30 heavy (non-hydrogen) atoms. The highest BCUT2D eigenvalue weighted by molar-refractivity contribution is 5.75. The number of aryl methyl sites for hydroxylation is 1. The van der Waals surface area contributed by atoms with E-state index in [0.717, 1.165) is 12.3 Å². The fourth-order valence-electron chi connectivity index (χ4n) is 6.17. The highest BCUT2D eigenvalue weighted by Gasteiger charge is 2.25. The molecule has 1 fully saturated rings. The number of rotatable bonds is 2. The van der Waals surface area contributed by atoms with Gasteiger partial charge in [-0.2, -0.15) is 0 Å². The summed E-state index contributed by atoms with van der Waals surface area (Å²) in [7, 11) is 0. The van der Waals surface area contributed by atoms with E-state index in [0.29, 0.717) is 5.92 Å². The van der Waals surface area contributed by atoms with Crippen LogP contribution in [0.25, 0.3) is 11.1 Å². The lowest BCUT2D eigenvalue weighted by Gasteiger charge is -2.29. The van der Waals surface area contributed by atoms with E-state index in [1.54, 1.807) is 16.7 Å². The minimum Gasteiger partial charge on any atom is -0.0832 e. The molecule has 150 valence electrons. The van der Waals surface area contributed by atoms with Crippen LogP contribution in [0.15, 0.2) is 72.8 Å². The fourth-order valence-corrected chi connectivity index (χ4v) is 6.17. The number of benzene rings is 3. The molecule has 3 aromatic carbocycles. The average molecular weight is 391 g/mol. The normalized spacial score (nSPS) is 20.3. The van der Waals surface area contributed by atoms with Gasteiger partial charge in [-0.3, -0.25) is 0 Å². The smallest absolute Gasteiger partial charge is 0.0272 e. The maximum atomic E-state index is 2.43. The Bertz CT molecular complexity index is 1090. The van der Waals surface area contributed by atoms with Crippen LogP contribution in [0.2, 0.25) is 0 Å². The van der Waals surface area contributed by atoms with Gasteiger partial charge in [-0.1, -0.05) is 92.1 Å². The van der Waals surface area contributed by atoms with Crippen molar-refractivity contribution in [1.82, 2.24) is 0 Å². The summed E-state index contributed by atoms with van der Waals surface area (Å²) in [4.78, 5) is 0. The lowest BCUT2D eigenvalue weighted by atomic mass is 9.75. The average Bonchev–Trinajstić information content (AvgIpc) is 2.84. The fraction of sp³-hybridized carbons (Fsp3) is 0.333. The van der Waals surface area contributed by atoms with Crippen LogP contribution in [-0.4, -0.2) is 0 Å². The molecule has 1 unspecified atom stereocenters. The van der Waals surface area contributed by atoms with Crippen molar-refractivity contribution in [3.63, 3.8) is 0 Å². The molecule has 1 atom stereocenters. The van der Waals surface area contributed by atoms with Gasteiger partial charge in [0, 0.05) is 5.92 Å². The first-order chi connectivity index (χ1) is 14.9. The number of fused-ring (bicyclic) bond motifs is 5. The predicted octanol–water partition coefficient (Wildman–Crippen LogP) is 7.74. The molecular weight excluding hydrogens is 360 g/mol. The summed E-state index contributed by atoms with van der Waals surface area (Å²) >= 11 is 0. The monoisotopic (exact) mass is 390 g/mol. The first-order valence-electron chi connectivity index (χ1n) is 11.9. The van der Waals surface area contributed by atoms with Crippen LogP contribution in [-0.2, 0) is 19.3 Å². The molecule has 0 bridgehead atoms. The van der Waals surface area contributed by atoms with Crippen LogP contribution < -0.4 is 0 Å². The zero-order chi connectivity index (χ0) is 19.9. The van der Waals surface area contributed by atoms with Crippen molar-refractivity contribution in [3.8, 4) is 11.1 Å². The highest BCUT2D eigenvalue weighted by atomic mass is 14.3. The van der Waals surface area contributed by atoms with Crippen LogP contribution in [0.1, 0.15) is 77.3 Å². The third-order valence-electron chi connectivity index (χ3n) is 7.78. The predicted molar refractivity (Wildman–Crippen MR) is 126 cm³/mol. The maximum Gasteiger partial charge on any atom is 0.0272 e. The van der Waals surface area contributed by atoms with Gasteiger partial charge < -0.3 is 0 Å². The van der Waals surface area contributed by atoms with Gasteiger partial charge in [0.1, 0.15) is 0 Å². The van der Waals surface area contributed by atoms with E-state index in [2.05, 4.69) is 72.8 Å². The Morgan fingerprint density at radius 2 is 1.43 bits per heavy atom. The van der Waals surface area contributed by atoms with Crippen molar-refractivity contribution in [2.75, 3.05) is 0 Å². The van der Waals surface area contributed by atoms with E-state index in [1.807, 2.05) is 0 Å². The Balaban J connectivity index is 1.36. The Labute approximate surface area is 180 Å². The van der Waals surface area contributed by atoms with Gasteiger partial charge in [0.15, 0.2) is 0 Å². The molecule has 0 spiro atoms. The second-order valence-electron chi connectivity index (χ2n) is 9.43. The number of allylic oxidation sites excluding steroid dienone is 2. The third kappa shape index (κ3) is 3.05. The van der Waals surface area contributed by atoms with Crippen LogP contribution in [0.3, 0.4) is 0 Å². The topological polar surface area (TPSA) is 0 Å². The Kier molecular flexibility index (Phi) is 4.60. The Morgan fingerprint density at radius 1 is 0.633 bits per heavy atom. The quantitative estimate of drug-likeness (QED) is 0.392. The summed E-state index contributed by atoms with van der Waals surface area (Å²) in [6.45, 7) is 0. The second kappa shape index (κ2) is 7.58. The molecule has 0 N–H and O–H groups in total. The van der Waals surface area contributed by atoms with Crippen LogP contribution in [0.5, 0.6) is 0 Å². The van der Waals surface area contributed by atoms with Crippen molar-refractivity contribution in [1.29, 1.82) is 0 Å². The molecular formula is C30H30. The molecule has 0 heterocycles. The Morgan fingerprint density at radius 3 is 2.30 bits per heavy atom. The second-order valence-corrected chi connectivity index (χ2v) is 9.43. The minimum atomic E-state index is 0.400. The summed E-state index contributed by atoms with van der Waals surface area (Å²) in [6, 6.07) is 23.4. The van der Waals surface area contributed by atoms with Crippen molar-refractivity contribution >= 4 is 0 Å². The summed E-state index contributed by atoms with van der Waals surface area (Å²) in [6.07, 6.45) is 15.2. The van der Waals surface area contributed by atoms with Crippen molar-refractivity contribution in [2.24, 2.45) is 0 Å². The van der Waals surface area contributed by atoms with Crippen molar-refractivity contribution < 1.29 is 0 Å². The number of hydrogen-bond acceptors (Lipinski definition) is 0. The maximum absolute atomic E-state index is 2.43. The molecule has 0 aliphatic heterocycles. The molecule has 3 aromatic rings. The van der Waals surface area contributed by atoms with Gasteiger partial charge in [0.25, 0.3) is 0 Å². The molecule has 0 aromatic heterocycles. The van der Waals surface area contributed by atoms with E-state index < -0.39 is 0 Å². The van der Waals surface area contributed by atoms with Crippen LogP contribution in [0, 0.1) is 0 Å². The number of hydrogen-bond donors (Lipinski definition) is 0. The molecule has 0 heteroatoms. The zero-order valence-electron chi connectivity index (χ0n) is 17.7. The molecule has 0 radical (unpaired) electrons. The van der Waals surface area contributed by atoms with E-state index in [4.69, 9.17) is 0 Å². The van der Waals surface area contributed by atoms with E-state index >= 15 is 0 Å². The largest absolute Gasteiger partial charge is 0.0832 e. The van der Waals surface area contributed by atoms with Crippen LogP contribution >= 0.6 is 0 Å². The first-order valence-corrected chi connectivity index (χ1v) is 11.9. The van der Waals surface area contributed by atoms with Crippen molar-refractivity contribution in [3.05, 3.63) is 106 Å². The SMILES string of the molecule is C1=CC(c2ccc(C3CCCCC3)cc2)c2ccc3c(c2C1)CCc1ccccc1-3. The summed E-state index contributed by atoms with van der Waals surface area (Å²) in [5.74, 6) is 1.19. The molecule has 0 amide bonds. The van der Waals surface area contributed by atoms with Crippen molar-refractivity contribution in [2.45, 2.75) is 63.2 Å². The van der Waals surface area contributed by atoms with Crippen LogP contribution in [0.4, 0.5) is 0 Å². The van der Waals surface area contributed by atoms with Gasteiger partial charge in [0.2, 0.25) is 0 Å². The lowest BCUT2D eigenvalue weighted by Crippen LogP contribution is -2.14. The molecule has 0 saturated heterocycles. The first kappa shape index (κ1) is 18.2. The molecule has 3 aliphatic rings. The summed E-state index contributed by atoms with van der Waals surface area (Å²) in [5.41, 5.74) is 12.1. The van der Waals surface area contributed by atoms with Gasteiger partial charge >= 0.3 is 0 Å². The minimum absolute atomic E-state index is 0.400. The van der Waals surface area contributed by atoms with E-state index in [1.165, 1.54) is 72.8 Å². The van der Waals surface area contributed by atoms with Gasteiger partial charge in [-0.15, -0.1) is 0 Å². The van der Waals surface area contributed by atoms with E-state index in [9.17, 15) is 0 Å². The zero-order valence-corrected chi connectivity index (χ0v) is 17.7. The molecule has 0 nitrogen and oxygen atoms in total. The highest BCUT2D eigenvalue weighted by Crippen LogP contribution is 2.42.